The number of halogens is 1. The van der Waals surface area contributed by atoms with Gasteiger partial charge in [-0.1, -0.05) is 35.6 Å². The fourth-order valence-electron chi connectivity index (χ4n) is 6.14. The number of Topliss-reactive ketones (excluding diaryl/α,β-unsaturated/α-hetero) is 1. The molecule has 6 rings (SSSR count). The number of nitrogens with zero attached hydrogens (tertiary/aromatic N) is 4. The highest BCUT2D eigenvalue weighted by atomic mass is 32.1. The quantitative estimate of drug-likeness (QED) is 0.259. The molecule has 2 aliphatic heterocycles. The van der Waals surface area contributed by atoms with Gasteiger partial charge in [0.1, 0.15) is 5.82 Å². The molecule has 0 N–H and O–H groups in total. The van der Waals surface area contributed by atoms with Gasteiger partial charge < -0.3 is 9.80 Å². The van der Waals surface area contributed by atoms with Crippen LogP contribution in [0, 0.1) is 11.7 Å². The summed E-state index contributed by atoms with van der Waals surface area (Å²) >= 11 is 1.34. The Balaban J connectivity index is 0.984. The number of thiazole rings is 1. The molecule has 0 amide bonds. The van der Waals surface area contributed by atoms with Gasteiger partial charge in [-0.25, -0.2) is 4.39 Å². The molecule has 0 bridgehead atoms. The Morgan fingerprint density at radius 1 is 0.805 bits per heavy atom. The Morgan fingerprint density at radius 2 is 1.51 bits per heavy atom. The minimum absolute atomic E-state index is 0.0208. The number of aromatic nitrogens is 1. The summed E-state index contributed by atoms with van der Waals surface area (Å²) in [7, 11) is 0. The van der Waals surface area contributed by atoms with Crippen LogP contribution in [0.15, 0.2) is 77.6 Å². The molecule has 2 fully saturated rings. The number of para-hydroxylation sites is 1. The second-order valence-electron chi connectivity index (χ2n) is 11.2. The van der Waals surface area contributed by atoms with Crippen LogP contribution in [0.3, 0.4) is 0 Å². The van der Waals surface area contributed by atoms with Gasteiger partial charge in [0, 0.05) is 63.0 Å². The summed E-state index contributed by atoms with van der Waals surface area (Å²) in [6.07, 6.45) is 2.57. The number of hydrogen-bond acceptors (Lipinski definition) is 6. The largest absolute Gasteiger partial charge is 0.369 e. The maximum absolute atomic E-state index is 13.2. The smallest absolute Gasteiger partial charge is 0.308 e. The summed E-state index contributed by atoms with van der Waals surface area (Å²) in [5.74, 6) is -0.236. The zero-order valence-corrected chi connectivity index (χ0v) is 24.2. The Hall–Kier alpha value is -3.33. The molecule has 0 atom stereocenters. The van der Waals surface area contributed by atoms with Gasteiger partial charge in [0.05, 0.1) is 10.2 Å². The molecular weight excluding hydrogens is 535 g/mol. The number of likely N-dealkylation sites (tertiary alicyclic amines) is 1. The van der Waals surface area contributed by atoms with Gasteiger partial charge in [0.2, 0.25) is 0 Å². The lowest BCUT2D eigenvalue weighted by Crippen LogP contribution is -2.46. The highest BCUT2D eigenvalue weighted by Gasteiger charge is 2.26. The summed E-state index contributed by atoms with van der Waals surface area (Å²) in [6, 6.07) is 23.0. The number of piperazine rings is 1. The molecule has 0 saturated carbocycles. The van der Waals surface area contributed by atoms with Crippen LogP contribution in [0.25, 0.3) is 10.2 Å². The van der Waals surface area contributed by atoms with Crippen molar-refractivity contribution in [2.45, 2.75) is 25.8 Å². The van der Waals surface area contributed by atoms with Crippen LogP contribution < -0.4 is 9.77 Å². The maximum Gasteiger partial charge on any atom is 0.308 e. The van der Waals surface area contributed by atoms with Gasteiger partial charge in [0.25, 0.3) is 0 Å². The molecule has 4 aromatic rings. The fraction of sp³-hybridized carbons (Fsp3) is 0.394. The van der Waals surface area contributed by atoms with E-state index in [9.17, 15) is 14.0 Å². The zero-order valence-electron chi connectivity index (χ0n) is 23.4. The molecule has 2 saturated heterocycles. The van der Waals surface area contributed by atoms with Gasteiger partial charge >= 0.3 is 4.87 Å². The van der Waals surface area contributed by atoms with E-state index in [0.717, 1.165) is 81.8 Å². The first-order valence-corrected chi connectivity index (χ1v) is 15.5. The number of rotatable bonds is 9. The summed E-state index contributed by atoms with van der Waals surface area (Å²) in [5, 5.41) is 0. The van der Waals surface area contributed by atoms with Crippen molar-refractivity contribution in [3.8, 4) is 0 Å². The van der Waals surface area contributed by atoms with Crippen molar-refractivity contribution < 1.29 is 9.18 Å². The van der Waals surface area contributed by atoms with Crippen molar-refractivity contribution in [3.63, 3.8) is 0 Å². The van der Waals surface area contributed by atoms with E-state index in [1.807, 2.05) is 4.57 Å². The molecule has 3 aromatic carbocycles. The normalized spacial score (nSPS) is 17.3. The third kappa shape index (κ3) is 6.61. The van der Waals surface area contributed by atoms with Crippen molar-refractivity contribution >= 4 is 33.0 Å². The van der Waals surface area contributed by atoms with Gasteiger partial charge in [-0.2, -0.15) is 0 Å². The van der Waals surface area contributed by atoms with E-state index in [-0.39, 0.29) is 22.4 Å². The lowest BCUT2D eigenvalue weighted by atomic mass is 9.89. The van der Waals surface area contributed by atoms with Gasteiger partial charge in [-0.05, 0) is 86.4 Å². The summed E-state index contributed by atoms with van der Waals surface area (Å²) in [4.78, 5) is 33.1. The van der Waals surface area contributed by atoms with Crippen molar-refractivity contribution in [1.29, 1.82) is 0 Å². The minimum Gasteiger partial charge on any atom is -0.369 e. The van der Waals surface area contributed by atoms with Crippen LogP contribution in [-0.2, 0) is 13.0 Å². The average molecular weight is 573 g/mol. The molecule has 3 heterocycles. The van der Waals surface area contributed by atoms with E-state index in [0.29, 0.717) is 12.1 Å². The number of carbonyl (C=O) groups is 1. The van der Waals surface area contributed by atoms with Crippen LogP contribution in [0.5, 0.6) is 0 Å². The number of carbonyl (C=O) groups excluding carboxylic acids is 1. The first-order chi connectivity index (χ1) is 20.0. The molecule has 0 spiro atoms. The lowest BCUT2D eigenvalue weighted by molar-refractivity contribution is 0.0837. The number of hydrogen-bond donors (Lipinski definition) is 0. The van der Waals surface area contributed by atoms with Crippen molar-refractivity contribution in [3.05, 3.63) is 99.4 Å². The third-order valence-electron chi connectivity index (χ3n) is 8.67. The number of piperidine rings is 1. The second kappa shape index (κ2) is 12.7. The Labute approximate surface area is 244 Å². The van der Waals surface area contributed by atoms with Gasteiger partial charge in [-0.3, -0.25) is 19.1 Å². The van der Waals surface area contributed by atoms with E-state index in [1.165, 1.54) is 34.7 Å². The number of ketones is 1. The molecular formula is C33H37FN4O2S. The SMILES string of the molecule is O=C(c1ccc(F)cc1)C1CCN(CCn2c(=O)sc3cc(CCN4CCN(c5ccccc5)CC4)ccc32)CC1. The van der Waals surface area contributed by atoms with Crippen LogP contribution in [0.4, 0.5) is 10.1 Å². The molecule has 41 heavy (non-hydrogen) atoms. The van der Waals surface area contributed by atoms with Crippen LogP contribution in [0.1, 0.15) is 28.8 Å². The van der Waals surface area contributed by atoms with Gasteiger partial charge in [0.15, 0.2) is 5.78 Å². The van der Waals surface area contributed by atoms with E-state index < -0.39 is 0 Å². The van der Waals surface area contributed by atoms with Crippen molar-refractivity contribution in [2.75, 3.05) is 57.3 Å². The molecule has 0 radical (unpaired) electrons. The van der Waals surface area contributed by atoms with Crippen LogP contribution in [0.2, 0.25) is 0 Å². The predicted molar refractivity (Wildman–Crippen MR) is 165 cm³/mol. The van der Waals surface area contributed by atoms with Crippen molar-refractivity contribution in [1.82, 2.24) is 14.4 Å². The van der Waals surface area contributed by atoms with E-state index in [4.69, 9.17) is 0 Å². The Kier molecular flexibility index (Phi) is 8.60. The molecule has 6 nitrogen and oxygen atoms in total. The molecule has 2 aliphatic rings. The average Bonchev–Trinajstić information content (AvgIpc) is 3.33. The summed E-state index contributed by atoms with van der Waals surface area (Å²) in [6.45, 7) is 8.38. The second-order valence-corrected chi connectivity index (χ2v) is 12.2. The number of fused-ring (bicyclic) bond motifs is 1. The monoisotopic (exact) mass is 572 g/mol. The molecule has 8 heteroatoms. The molecule has 1 aromatic heterocycles. The van der Waals surface area contributed by atoms with Gasteiger partial charge in [-0.15, -0.1) is 0 Å². The van der Waals surface area contributed by atoms with Crippen LogP contribution >= 0.6 is 11.3 Å². The van der Waals surface area contributed by atoms with E-state index in [1.54, 1.807) is 12.1 Å². The fourth-order valence-corrected chi connectivity index (χ4v) is 7.12. The summed E-state index contributed by atoms with van der Waals surface area (Å²) in [5.41, 5.74) is 4.19. The lowest BCUT2D eigenvalue weighted by Gasteiger charge is -2.36. The molecule has 0 aliphatic carbocycles. The molecule has 0 unspecified atom stereocenters. The third-order valence-corrected chi connectivity index (χ3v) is 9.61. The van der Waals surface area contributed by atoms with Crippen LogP contribution in [-0.4, -0.2) is 72.5 Å². The number of benzene rings is 3. The topological polar surface area (TPSA) is 48.8 Å². The first kappa shape index (κ1) is 27.8. The minimum atomic E-state index is -0.322. The van der Waals surface area contributed by atoms with Crippen molar-refractivity contribution in [2.24, 2.45) is 5.92 Å². The first-order valence-electron chi connectivity index (χ1n) is 14.7. The Morgan fingerprint density at radius 3 is 2.24 bits per heavy atom. The molecule has 214 valence electrons. The standard InChI is InChI=1S/C33H37FN4O2S/c34-28-9-7-26(8-10-28)32(39)27-13-16-35(17-14-27)20-23-38-30-11-6-25(24-31(30)41-33(38)40)12-15-36-18-21-37(22-19-36)29-4-2-1-3-5-29/h1-11,24,27H,12-23H2. The maximum atomic E-state index is 13.2. The Bertz CT molecular complexity index is 1520. The zero-order chi connectivity index (χ0) is 28.2. The number of anilines is 1. The highest BCUT2D eigenvalue weighted by Crippen LogP contribution is 2.24. The van der Waals surface area contributed by atoms with E-state index in [2.05, 4.69) is 63.2 Å². The summed E-state index contributed by atoms with van der Waals surface area (Å²) < 4.78 is 16.2. The predicted octanol–water partition coefficient (Wildman–Crippen LogP) is 5.16. The highest BCUT2D eigenvalue weighted by molar-refractivity contribution is 7.16. The van der Waals surface area contributed by atoms with E-state index >= 15 is 0 Å².